The Hall–Kier alpha value is -2.68. The van der Waals surface area contributed by atoms with Crippen molar-refractivity contribution in [3.63, 3.8) is 0 Å². The van der Waals surface area contributed by atoms with E-state index in [2.05, 4.69) is 15.1 Å². The monoisotopic (exact) mass is 370 g/mol. The molecular formula is C15H10ClF3N4O2. The van der Waals surface area contributed by atoms with Gasteiger partial charge in [-0.3, -0.25) is 0 Å². The highest BCUT2D eigenvalue weighted by Crippen LogP contribution is 2.32. The van der Waals surface area contributed by atoms with Gasteiger partial charge in [-0.05, 0) is 25.1 Å². The Morgan fingerprint density at radius 2 is 1.92 bits per heavy atom. The number of alkyl halides is 3. The summed E-state index contributed by atoms with van der Waals surface area (Å²) < 4.78 is 45.3. The largest absolute Gasteiger partial charge is 0.460 e. The van der Waals surface area contributed by atoms with Crippen LogP contribution in [0.4, 0.5) is 13.2 Å². The van der Waals surface area contributed by atoms with E-state index in [-0.39, 0.29) is 18.1 Å². The summed E-state index contributed by atoms with van der Waals surface area (Å²) in [6.45, 7) is 1.61. The number of benzene rings is 1. The maximum absolute atomic E-state index is 13.4. The van der Waals surface area contributed by atoms with E-state index in [0.29, 0.717) is 15.1 Å². The van der Waals surface area contributed by atoms with Gasteiger partial charge in [0.05, 0.1) is 12.3 Å². The van der Waals surface area contributed by atoms with Crippen molar-refractivity contribution in [1.82, 2.24) is 19.6 Å². The summed E-state index contributed by atoms with van der Waals surface area (Å²) in [7, 11) is 0. The van der Waals surface area contributed by atoms with Gasteiger partial charge in [0.1, 0.15) is 0 Å². The number of rotatable bonds is 3. The van der Waals surface area contributed by atoms with Gasteiger partial charge in [0.2, 0.25) is 0 Å². The molecule has 3 aromatic rings. The third-order valence-corrected chi connectivity index (χ3v) is 3.45. The summed E-state index contributed by atoms with van der Waals surface area (Å²) in [5.41, 5.74) is -0.664. The molecule has 1 aromatic carbocycles. The predicted molar refractivity (Wildman–Crippen MR) is 82.2 cm³/mol. The molecule has 0 N–H and O–H groups in total. The summed E-state index contributed by atoms with van der Waals surface area (Å²) >= 11 is 5.79. The molecule has 0 fully saturated rings. The minimum absolute atomic E-state index is 0.0271. The Balaban J connectivity index is 2.20. The van der Waals surface area contributed by atoms with Crippen molar-refractivity contribution in [2.75, 3.05) is 6.61 Å². The van der Waals surface area contributed by atoms with Gasteiger partial charge in [-0.25, -0.2) is 9.78 Å². The van der Waals surface area contributed by atoms with E-state index in [1.807, 2.05) is 0 Å². The second kappa shape index (κ2) is 6.32. The van der Waals surface area contributed by atoms with Crippen LogP contribution < -0.4 is 0 Å². The number of fused-ring (bicyclic) bond motifs is 1. The molecule has 3 rings (SSSR count). The zero-order chi connectivity index (χ0) is 18.2. The second-order valence-corrected chi connectivity index (χ2v) is 5.34. The summed E-state index contributed by atoms with van der Waals surface area (Å²) in [6.07, 6.45) is -4.72. The quantitative estimate of drug-likeness (QED) is 0.658. The molecule has 0 aliphatic rings. The van der Waals surface area contributed by atoms with Crippen molar-refractivity contribution in [3.8, 4) is 11.3 Å². The van der Waals surface area contributed by atoms with E-state index in [0.717, 1.165) is 6.07 Å². The van der Waals surface area contributed by atoms with E-state index in [1.165, 1.54) is 24.3 Å². The number of hydrogen-bond acceptors (Lipinski definition) is 5. The smallest absolute Gasteiger partial charge is 0.433 e. The molecule has 0 aliphatic carbocycles. The zero-order valence-corrected chi connectivity index (χ0v) is 13.5. The van der Waals surface area contributed by atoms with Crippen LogP contribution in [0.25, 0.3) is 17.0 Å². The summed E-state index contributed by atoms with van der Waals surface area (Å²) in [5.74, 6) is -1.77. The van der Waals surface area contributed by atoms with Gasteiger partial charge in [0, 0.05) is 10.6 Å². The molecule has 25 heavy (non-hydrogen) atoms. The first-order chi connectivity index (χ1) is 11.8. The lowest BCUT2D eigenvalue weighted by molar-refractivity contribution is -0.142. The van der Waals surface area contributed by atoms with Crippen molar-refractivity contribution in [2.45, 2.75) is 13.1 Å². The van der Waals surface area contributed by atoms with Crippen LogP contribution in [0.2, 0.25) is 5.02 Å². The fraction of sp³-hybridized carbons (Fsp3) is 0.200. The highest BCUT2D eigenvalue weighted by atomic mass is 35.5. The normalized spacial score (nSPS) is 11.7. The fourth-order valence-electron chi connectivity index (χ4n) is 2.12. The molecule has 0 unspecified atom stereocenters. The van der Waals surface area contributed by atoms with Crippen LogP contribution in [-0.2, 0) is 10.9 Å². The number of carbonyl (C=O) groups excluding carboxylic acids is 1. The van der Waals surface area contributed by atoms with Crippen molar-refractivity contribution in [2.24, 2.45) is 0 Å². The van der Waals surface area contributed by atoms with Crippen LogP contribution in [-0.4, -0.2) is 32.2 Å². The number of aromatic nitrogens is 4. The third-order valence-electron chi connectivity index (χ3n) is 3.20. The Labute approximate surface area is 144 Å². The molecule has 0 atom stereocenters. The number of ether oxygens (including phenoxy) is 1. The highest BCUT2D eigenvalue weighted by Gasteiger charge is 2.36. The number of halogens is 4. The number of hydrogen-bond donors (Lipinski definition) is 0. The molecule has 0 saturated carbocycles. The van der Waals surface area contributed by atoms with E-state index in [1.54, 1.807) is 6.92 Å². The Kier molecular flexibility index (Phi) is 4.34. The van der Waals surface area contributed by atoms with Crippen molar-refractivity contribution in [1.29, 1.82) is 0 Å². The second-order valence-electron chi connectivity index (χ2n) is 4.90. The van der Waals surface area contributed by atoms with E-state index in [9.17, 15) is 18.0 Å². The van der Waals surface area contributed by atoms with Crippen LogP contribution in [0.1, 0.15) is 23.2 Å². The lowest BCUT2D eigenvalue weighted by Gasteiger charge is -2.10. The van der Waals surface area contributed by atoms with Crippen molar-refractivity contribution in [3.05, 3.63) is 46.9 Å². The fourth-order valence-corrected chi connectivity index (χ4v) is 2.25. The first-order valence-corrected chi connectivity index (χ1v) is 7.45. The maximum atomic E-state index is 13.4. The molecule has 0 spiro atoms. The number of esters is 1. The van der Waals surface area contributed by atoms with E-state index in [4.69, 9.17) is 16.3 Å². The summed E-state index contributed by atoms with van der Waals surface area (Å²) in [5, 5.41) is 4.01. The topological polar surface area (TPSA) is 69.4 Å². The zero-order valence-electron chi connectivity index (χ0n) is 12.7. The summed E-state index contributed by atoms with van der Waals surface area (Å²) in [4.78, 5) is 19.5. The SMILES string of the molecule is CCOC(=O)c1nc2nc(-c3ccc(Cl)cc3)cc(C(F)(F)F)n2n1. The molecule has 0 amide bonds. The van der Waals surface area contributed by atoms with Crippen LogP contribution in [0, 0.1) is 0 Å². The lowest BCUT2D eigenvalue weighted by atomic mass is 10.1. The number of nitrogens with zero attached hydrogens (tertiary/aromatic N) is 4. The van der Waals surface area contributed by atoms with Gasteiger partial charge in [0.25, 0.3) is 11.6 Å². The van der Waals surface area contributed by atoms with Gasteiger partial charge in [-0.15, -0.1) is 5.10 Å². The average molecular weight is 371 g/mol. The Morgan fingerprint density at radius 3 is 2.52 bits per heavy atom. The first kappa shape index (κ1) is 17.2. The maximum Gasteiger partial charge on any atom is 0.433 e. The van der Waals surface area contributed by atoms with Crippen molar-refractivity contribution < 1.29 is 22.7 Å². The molecule has 0 bridgehead atoms. The third kappa shape index (κ3) is 3.41. The molecule has 2 heterocycles. The van der Waals surface area contributed by atoms with E-state index < -0.39 is 23.7 Å². The van der Waals surface area contributed by atoms with Crippen LogP contribution in [0.5, 0.6) is 0 Å². The Morgan fingerprint density at radius 1 is 1.24 bits per heavy atom. The van der Waals surface area contributed by atoms with Gasteiger partial charge in [-0.2, -0.15) is 22.7 Å². The standard InChI is InChI=1S/C15H10ClF3N4O2/c1-2-25-13(24)12-21-14-20-10(8-3-5-9(16)6-4-8)7-11(15(17,18)19)23(14)22-12/h3-7H,2H2,1H3. The van der Waals surface area contributed by atoms with E-state index >= 15 is 0 Å². The molecular weight excluding hydrogens is 361 g/mol. The molecule has 2 aromatic heterocycles. The highest BCUT2D eigenvalue weighted by molar-refractivity contribution is 6.30. The van der Waals surface area contributed by atoms with Crippen LogP contribution >= 0.6 is 11.6 Å². The predicted octanol–water partition coefficient (Wildman–Crippen LogP) is 3.64. The van der Waals surface area contributed by atoms with Gasteiger partial charge in [0.15, 0.2) is 5.69 Å². The lowest BCUT2D eigenvalue weighted by Crippen LogP contribution is -2.14. The summed E-state index contributed by atoms with van der Waals surface area (Å²) in [6, 6.07) is 6.96. The minimum Gasteiger partial charge on any atom is -0.460 e. The molecule has 130 valence electrons. The molecule has 0 aliphatic heterocycles. The van der Waals surface area contributed by atoms with Crippen molar-refractivity contribution >= 4 is 23.3 Å². The number of carbonyl (C=O) groups is 1. The minimum atomic E-state index is -4.72. The molecule has 10 heteroatoms. The molecule has 0 saturated heterocycles. The first-order valence-electron chi connectivity index (χ1n) is 7.07. The average Bonchev–Trinajstić information content (AvgIpc) is 2.98. The van der Waals surface area contributed by atoms with Gasteiger partial charge >= 0.3 is 12.1 Å². The van der Waals surface area contributed by atoms with Gasteiger partial charge in [-0.1, -0.05) is 23.7 Å². The van der Waals surface area contributed by atoms with Crippen LogP contribution in [0.15, 0.2) is 30.3 Å². The Bertz CT molecular complexity index is 938. The van der Waals surface area contributed by atoms with Gasteiger partial charge < -0.3 is 4.74 Å². The molecule has 0 radical (unpaired) electrons. The molecule has 6 nitrogen and oxygen atoms in total. The van der Waals surface area contributed by atoms with Crippen LogP contribution in [0.3, 0.4) is 0 Å².